The van der Waals surface area contributed by atoms with E-state index in [9.17, 15) is 9.59 Å². The van der Waals surface area contributed by atoms with Gasteiger partial charge in [0.25, 0.3) is 5.91 Å². The molecule has 0 heterocycles. The van der Waals surface area contributed by atoms with Gasteiger partial charge in [0, 0.05) is 12.0 Å². The Balaban J connectivity index is 2.30. The summed E-state index contributed by atoms with van der Waals surface area (Å²) >= 11 is 0. The second kappa shape index (κ2) is 6.72. The quantitative estimate of drug-likeness (QED) is 0.882. The molecule has 0 aromatic heterocycles. The molecule has 2 amide bonds. The Bertz CT molecular complexity index is 744. The van der Waals surface area contributed by atoms with E-state index in [0.717, 1.165) is 10.8 Å². The van der Waals surface area contributed by atoms with Crippen molar-refractivity contribution in [2.24, 2.45) is 11.7 Å². The number of nitrogens with two attached hydrogens (primary N) is 1. The van der Waals surface area contributed by atoms with Crippen LogP contribution in [0, 0.1) is 17.2 Å². The number of hydrogen-bond donors (Lipinski definition) is 2. The number of primary amides is 1. The zero-order valence-corrected chi connectivity index (χ0v) is 12.2. The average Bonchev–Trinajstić information content (AvgIpc) is 2.51. The maximum absolute atomic E-state index is 12.5. The molecule has 0 aliphatic heterocycles. The molecule has 0 bridgehead atoms. The molecule has 2 rings (SSSR count). The molecule has 0 spiro atoms. The van der Waals surface area contributed by atoms with Crippen molar-refractivity contribution in [3.05, 3.63) is 48.0 Å². The number of hydrogen-bond acceptors (Lipinski definition) is 3. The number of carbonyl (C=O) groups is 2. The molecule has 3 N–H and O–H groups in total. The van der Waals surface area contributed by atoms with Crippen LogP contribution in [0.3, 0.4) is 0 Å². The molecule has 5 nitrogen and oxygen atoms in total. The van der Waals surface area contributed by atoms with Crippen molar-refractivity contribution in [1.82, 2.24) is 5.32 Å². The van der Waals surface area contributed by atoms with E-state index >= 15 is 0 Å². The largest absolute Gasteiger partial charge is 0.368 e. The normalized spacial score (nSPS) is 13.1. The van der Waals surface area contributed by atoms with Crippen molar-refractivity contribution in [2.45, 2.75) is 19.4 Å². The zero-order valence-electron chi connectivity index (χ0n) is 12.2. The lowest BCUT2D eigenvalue weighted by atomic mass is 9.97. The minimum absolute atomic E-state index is 0.142. The number of rotatable bonds is 5. The van der Waals surface area contributed by atoms with E-state index in [1.807, 2.05) is 36.4 Å². The molecule has 0 unspecified atom stereocenters. The highest BCUT2D eigenvalue weighted by Crippen LogP contribution is 2.19. The van der Waals surface area contributed by atoms with Crippen molar-refractivity contribution in [1.29, 1.82) is 5.26 Å². The first kappa shape index (κ1) is 15.5. The standard InChI is InChI=1S/C17H17N3O2/c1-11(9-10-18)15(16(19)21)20-17(22)14-8-4-6-12-5-2-3-7-13(12)14/h2-8,11,15H,9H2,1H3,(H2,19,21)(H,20,22)/t11-,15+/m0/s1. The fourth-order valence-corrected chi connectivity index (χ4v) is 2.40. The zero-order chi connectivity index (χ0) is 16.1. The van der Waals surface area contributed by atoms with E-state index in [1.54, 1.807) is 19.1 Å². The van der Waals surface area contributed by atoms with Crippen LogP contribution in [0.25, 0.3) is 10.8 Å². The molecular formula is C17H17N3O2. The first-order valence-corrected chi connectivity index (χ1v) is 6.99. The van der Waals surface area contributed by atoms with Gasteiger partial charge in [-0.15, -0.1) is 0 Å². The fraction of sp³-hybridized carbons (Fsp3) is 0.235. The summed E-state index contributed by atoms with van der Waals surface area (Å²) in [5.41, 5.74) is 5.82. The van der Waals surface area contributed by atoms with Crippen LogP contribution in [-0.4, -0.2) is 17.9 Å². The van der Waals surface area contributed by atoms with Crippen molar-refractivity contribution in [2.75, 3.05) is 0 Å². The Labute approximate surface area is 128 Å². The number of amides is 2. The molecular weight excluding hydrogens is 278 g/mol. The number of nitriles is 1. The second-order valence-corrected chi connectivity index (χ2v) is 5.22. The summed E-state index contributed by atoms with van der Waals surface area (Å²) in [4.78, 5) is 24.0. The second-order valence-electron chi connectivity index (χ2n) is 5.22. The van der Waals surface area contributed by atoms with E-state index in [0.29, 0.717) is 5.56 Å². The van der Waals surface area contributed by atoms with Gasteiger partial charge in [-0.1, -0.05) is 43.3 Å². The first-order valence-electron chi connectivity index (χ1n) is 6.99. The van der Waals surface area contributed by atoms with Crippen molar-refractivity contribution in [3.63, 3.8) is 0 Å². The van der Waals surface area contributed by atoms with Crippen LogP contribution in [0.1, 0.15) is 23.7 Å². The number of carbonyl (C=O) groups excluding carboxylic acids is 2. The molecule has 0 aliphatic carbocycles. The lowest BCUT2D eigenvalue weighted by Gasteiger charge is -2.20. The number of nitrogens with one attached hydrogen (secondary N) is 1. The minimum atomic E-state index is -0.869. The third kappa shape index (κ3) is 3.23. The molecule has 0 fully saturated rings. The van der Waals surface area contributed by atoms with Crippen LogP contribution < -0.4 is 11.1 Å². The summed E-state index contributed by atoms with van der Waals surface area (Å²) in [6, 6.07) is 14.0. The summed E-state index contributed by atoms with van der Waals surface area (Å²) in [6.07, 6.45) is 0.142. The lowest BCUT2D eigenvalue weighted by Crippen LogP contribution is -2.48. The van der Waals surface area contributed by atoms with Crippen LogP contribution >= 0.6 is 0 Å². The topological polar surface area (TPSA) is 96.0 Å². The van der Waals surface area contributed by atoms with Gasteiger partial charge in [0.15, 0.2) is 0 Å². The Morgan fingerprint density at radius 1 is 1.23 bits per heavy atom. The Morgan fingerprint density at radius 3 is 2.59 bits per heavy atom. The SMILES string of the molecule is C[C@@H](CC#N)[C@@H](NC(=O)c1cccc2ccccc12)C(N)=O. The maximum Gasteiger partial charge on any atom is 0.252 e. The van der Waals surface area contributed by atoms with E-state index in [-0.39, 0.29) is 18.2 Å². The van der Waals surface area contributed by atoms with E-state index in [1.165, 1.54) is 0 Å². The predicted molar refractivity (Wildman–Crippen MR) is 83.8 cm³/mol. The molecule has 0 radical (unpaired) electrons. The maximum atomic E-state index is 12.5. The van der Waals surface area contributed by atoms with Gasteiger partial charge in [0.2, 0.25) is 5.91 Å². The number of benzene rings is 2. The number of nitrogens with zero attached hydrogens (tertiary/aromatic N) is 1. The van der Waals surface area contributed by atoms with Crippen LogP contribution in [0.5, 0.6) is 0 Å². The van der Waals surface area contributed by atoms with Crippen LogP contribution in [-0.2, 0) is 4.79 Å². The van der Waals surface area contributed by atoms with Gasteiger partial charge in [0.05, 0.1) is 6.07 Å². The van der Waals surface area contributed by atoms with E-state index < -0.39 is 11.9 Å². The molecule has 5 heteroatoms. The van der Waals surface area contributed by atoms with Crippen LogP contribution in [0.2, 0.25) is 0 Å². The fourth-order valence-electron chi connectivity index (χ4n) is 2.40. The van der Waals surface area contributed by atoms with Crippen molar-refractivity contribution in [3.8, 4) is 6.07 Å². The van der Waals surface area contributed by atoms with Crippen molar-refractivity contribution < 1.29 is 9.59 Å². The summed E-state index contributed by atoms with van der Waals surface area (Å²) < 4.78 is 0. The highest BCUT2D eigenvalue weighted by Gasteiger charge is 2.25. The summed E-state index contributed by atoms with van der Waals surface area (Å²) in [5, 5.41) is 13.1. The molecule has 2 atom stereocenters. The molecule has 0 aliphatic rings. The smallest absolute Gasteiger partial charge is 0.252 e. The van der Waals surface area contributed by atoms with Gasteiger partial charge >= 0.3 is 0 Å². The lowest BCUT2D eigenvalue weighted by molar-refractivity contribution is -0.120. The highest BCUT2D eigenvalue weighted by molar-refractivity contribution is 6.08. The van der Waals surface area contributed by atoms with Gasteiger partial charge in [-0.25, -0.2) is 0 Å². The van der Waals surface area contributed by atoms with Gasteiger partial charge in [-0.2, -0.15) is 5.26 Å². The van der Waals surface area contributed by atoms with Crippen molar-refractivity contribution >= 4 is 22.6 Å². The molecule has 112 valence electrons. The first-order chi connectivity index (χ1) is 10.5. The third-order valence-electron chi connectivity index (χ3n) is 3.61. The summed E-state index contributed by atoms with van der Waals surface area (Å²) in [6.45, 7) is 1.71. The minimum Gasteiger partial charge on any atom is -0.368 e. The molecule has 0 saturated heterocycles. The summed E-state index contributed by atoms with van der Waals surface area (Å²) in [7, 11) is 0. The monoisotopic (exact) mass is 295 g/mol. The average molecular weight is 295 g/mol. The van der Waals surface area contributed by atoms with E-state index in [4.69, 9.17) is 11.0 Å². The molecule has 2 aromatic carbocycles. The summed E-state index contributed by atoms with van der Waals surface area (Å²) in [5.74, 6) is -1.36. The van der Waals surface area contributed by atoms with Gasteiger partial charge < -0.3 is 11.1 Å². The third-order valence-corrected chi connectivity index (χ3v) is 3.61. The van der Waals surface area contributed by atoms with E-state index in [2.05, 4.69) is 5.32 Å². The Hall–Kier alpha value is -2.87. The Morgan fingerprint density at radius 2 is 1.91 bits per heavy atom. The van der Waals surface area contributed by atoms with Gasteiger partial charge in [0.1, 0.15) is 6.04 Å². The molecule has 0 saturated carbocycles. The Kier molecular flexibility index (Phi) is 4.74. The van der Waals surface area contributed by atoms with Crippen LogP contribution in [0.15, 0.2) is 42.5 Å². The molecule has 22 heavy (non-hydrogen) atoms. The van der Waals surface area contributed by atoms with Gasteiger partial charge in [-0.05, 0) is 22.8 Å². The van der Waals surface area contributed by atoms with Gasteiger partial charge in [-0.3, -0.25) is 9.59 Å². The molecule has 2 aromatic rings. The highest BCUT2D eigenvalue weighted by atomic mass is 16.2. The number of fused-ring (bicyclic) bond motifs is 1. The van der Waals surface area contributed by atoms with Crippen LogP contribution in [0.4, 0.5) is 0 Å². The predicted octanol–water partition coefficient (Wildman–Crippen LogP) is 1.97.